The fraction of sp³-hybridized carbons (Fsp3) is 0.571. The topological polar surface area (TPSA) is 58.9 Å². The van der Waals surface area contributed by atoms with Gasteiger partial charge in [0.2, 0.25) is 0 Å². The third-order valence-electron chi connectivity index (χ3n) is 2.61. The minimum absolute atomic E-state index is 0.204. The summed E-state index contributed by atoms with van der Waals surface area (Å²) >= 11 is 0. The lowest BCUT2D eigenvalue weighted by Gasteiger charge is -2.13. The van der Waals surface area contributed by atoms with Gasteiger partial charge < -0.3 is 19.7 Å². The van der Waals surface area contributed by atoms with Crippen molar-refractivity contribution in [3.63, 3.8) is 0 Å². The number of hydrogen-bond acceptors (Lipinski definition) is 4. The van der Waals surface area contributed by atoms with Gasteiger partial charge in [-0.25, -0.2) is 0 Å². The number of hydrogen-bond donors (Lipinski definition) is 2. The van der Waals surface area contributed by atoms with Gasteiger partial charge in [0.25, 0.3) is 0 Å². The summed E-state index contributed by atoms with van der Waals surface area (Å²) in [4.78, 5) is 0. The van der Waals surface area contributed by atoms with Crippen LogP contribution in [0.1, 0.15) is 31.9 Å². The average molecular weight is 254 g/mol. The summed E-state index contributed by atoms with van der Waals surface area (Å²) in [5.74, 6) is 0.678. The van der Waals surface area contributed by atoms with Gasteiger partial charge in [-0.3, -0.25) is 0 Å². The largest absolute Gasteiger partial charge is 0.491 e. The molecule has 0 bridgehead atoms. The highest BCUT2D eigenvalue weighted by Crippen LogP contribution is 2.19. The van der Waals surface area contributed by atoms with Crippen LogP contribution in [0, 0.1) is 0 Å². The molecule has 1 aromatic rings. The van der Waals surface area contributed by atoms with Crippen molar-refractivity contribution in [3.8, 4) is 5.75 Å². The molecule has 0 heterocycles. The Balaban J connectivity index is 2.39. The van der Waals surface area contributed by atoms with E-state index in [0.29, 0.717) is 18.8 Å². The third-order valence-corrected chi connectivity index (χ3v) is 2.61. The molecule has 0 saturated carbocycles. The van der Waals surface area contributed by atoms with Crippen LogP contribution in [0.4, 0.5) is 0 Å². The zero-order chi connectivity index (χ0) is 13.4. The van der Waals surface area contributed by atoms with E-state index >= 15 is 0 Å². The first kappa shape index (κ1) is 15.0. The Hall–Kier alpha value is -1.10. The molecular weight excluding hydrogens is 232 g/mol. The molecule has 1 unspecified atom stereocenters. The van der Waals surface area contributed by atoms with Gasteiger partial charge in [-0.15, -0.1) is 0 Å². The minimum Gasteiger partial charge on any atom is -0.491 e. The second-order valence-corrected chi connectivity index (χ2v) is 4.12. The number of benzene rings is 1. The Morgan fingerprint density at radius 3 is 2.28 bits per heavy atom. The lowest BCUT2D eigenvalue weighted by molar-refractivity contribution is 0.0164. The third kappa shape index (κ3) is 5.04. The highest BCUT2D eigenvalue weighted by molar-refractivity contribution is 5.28. The molecule has 0 radical (unpaired) electrons. The molecule has 102 valence electrons. The van der Waals surface area contributed by atoms with Crippen LogP contribution in [0.2, 0.25) is 0 Å². The van der Waals surface area contributed by atoms with Crippen molar-refractivity contribution in [2.75, 3.05) is 19.8 Å². The summed E-state index contributed by atoms with van der Waals surface area (Å²) in [6, 6.07) is 7.25. The van der Waals surface area contributed by atoms with Crippen molar-refractivity contribution in [2.24, 2.45) is 0 Å². The Bertz CT molecular complexity index is 323. The smallest absolute Gasteiger partial charge is 0.119 e. The Morgan fingerprint density at radius 2 is 1.72 bits per heavy atom. The molecule has 0 amide bonds. The van der Waals surface area contributed by atoms with Crippen molar-refractivity contribution in [3.05, 3.63) is 29.8 Å². The van der Waals surface area contributed by atoms with Gasteiger partial charge >= 0.3 is 0 Å². The Labute approximate surface area is 108 Å². The van der Waals surface area contributed by atoms with E-state index in [4.69, 9.17) is 9.47 Å². The fourth-order valence-electron chi connectivity index (χ4n) is 1.52. The monoisotopic (exact) mass is 254 g/mol. The standard InChI is InChI=1S/C14H22O4/c1-3-14(16)11-5-7-13(8-6-11)18-10-12(15)9-17-4-2/h5-8,12,14-16H,3-4,9-10H2,1-2H3/t12?,14-/m1/s1. The summed E-state index contributed by atoms with van der Waals surface area (Å²) < 4.78 is 10.5. The molecule has 0 aliphatic carbocycles. The summed E-state index contributed by atoms with van der Waals surface area (Å²) in [7, 11) is 0. The van der Waals surface area contributed by atoms with Gasteiger partial charge in [-0.05, 0) is 31.0 Å². The molecule has 2 N–H and O–H groups in total. The lowest BCUT2D eigenvalue weighted by atomic mass is 10.1. The van der Waals surface area contributed by atoms with Crippen LogP contribution in [-0.2, 0) is 4.74 Å². The fourth-order valence-corrected chi connectivity index (χ4v) is 1.52. The molecule has 0 aliphatic rings. The van der Waals surface area contributed by atoms with Crippen molar-refractivity contribution >= 4 is 0 Å². The van der Waals surface area contributed by atoms with E-state index < -0.39 is 12.2 Å². The number of ether oxygens (including phenoxy) is 2. The normalized spacial score (nSPS) is 14.2. The van der Waals surface area contributed by atoms with E-state index in [1.54, 1.807) is 12.1 Å². The molecule has 1 aromatic carbocycles. The minimum atomic E-state index is -0.620. The van der Waals surface area contributed by atoms with Crippen LogP contribution in [0.5, 0.6) is 5.75 Å². The quantitative estimate of drug-likeness (QED) is 0.744. The maximum absolute atomic E-state index is 9.64. The summed E-state index contributed by atoms with van der Waals surface area (Å²) in [6.45, 7) is 4.88. The van der Waals surface area contributed by atoms with E-state index in [1.165, 1.54) is 0 Å². The van der Waals surface area contributed by atoms with Gasteiger partial charge in [0, 0.05) is 6.61 Å². The van der Waals surface area contributed by atoms with E-state index in [-0.39, 0.29) is 13.2 Å². The first-order valence-electron chi connectivity index (χ1n) is 6.34. The molecule has 0 saturated heterocycles. The van der Waals surface area contributed by atoms with Crippen molar-refractivity contribution in [2.45, 2.75) is 32.5 Å². The summed E-state index contributed by atoms with van der Waals surface area (Å²) in [5, 5.41) is 19.2. The van der Waals surface area contributed by atoms with Gasteiger partial charge in [-0.2, -0.15) is 0 Å². The van der Waals surface area contributed by atoms with Gasteiger partial charge in [-0.1, -0.05) is 19.1 Å². The molecule has 1 rings (SSSR count). The molecule has 0 aromatic heterocycles. The van der Waals surface area contributed by atoms with Crippen LogP contribution >= 0.6 is 0 Å². The lowest BCUT2D eigenvalue weighted by Crippen LogP contribution is -2.23. The zero-order valence-corrected chi connectivity index (χ0v) is 11.0. The molecular formula is C14H22O4. The molecule has 0 fully saturated rings. The van der Waals surface area contributed by atoms with E-state index in [0.717, 1.165) is 5.56 Å². The SMILES string of the molecule is CCOCC(O)COc1ccc([C@H](O)CC)cc1. The van der Waals surface area contributed by atoms with Gasteiger partial charge in [0.05, 0.1) is 12.7 Å². The van der Waals surface area contributed by atoms with Gasteiger partial charge in [0.15, 0.2) is 0 Å². The Kier molecular flexibility index (Phi) is 6.72. The maximum Gasteiger partial charge on any atom is 0.119 e. The predicted octanol–water partition coefficient (Wildman–Crippen LogP) is 1.91. The first-order valence-corrected chi connectivity index (χ1v) is 6.34. The van der Waals surface area contributed by atoms with Crippen LogP contribution in [0.25, 0.3) is 0 Å². The first-order chi connectivity index (χ1) is 8.67. The van der Waals surface area contributed by atoms with E-state index in [1.807, 2.05) is 26.0 Å². The van der Waals surface area contributed by atoms with E-state index in [2.05, 4.69) is 0 Å². The van der Waals surface area contributed by atoms with Crippen LogP contribution in [-0.4, -0.2) is 36.1 Å². The van der Waals surface area contributed by atoms with Gasteiger partial charge in [0.1, 0.15) is 18.5 Å². The van der Waals surface area contributed by atoms with Crippen LogP contribution in [0.15, 0.2) is 24.3 Å². The summed E-state index contributed by atoms with van der Waals surface area (Å²) in [6.07, 6.45) is -0.360. The number of rotatable bonds is 8. The zero-order valence-electron chi connectivity index (χ0n) is 11.0. The highest BCUT2D eigenvalue weighted by atomic mass is 16.5. The molecule has 2 atom stereocenters. The molecule has 4 heteroatoms. The maximum atomic E-state index is 9.64. The second-order valence-electron chi connectivity index (χ2n) is 4.12. The Morgan fingerprint density at radius 1 is 1.06 bits per heavy atom. The van der Waals surface area contributed by atoms with Crippen LogP contribution in [0.3, 0.4) is 0 Å². The van der Waals surface area contributed by atoms with Crippen molar-refractivity contribution in [1.29, 1.82) is 0 Å². The van der Waals surface area contributed by atoms with Crippen molar-refractivity contribution in [1.82, 2.24) is 0 Å². The summed E-state index contributed by atoms with van der Waals surface area (Å²) in [5.41, 5.74) is 0.875. The predicted molar refractivity (Wildman–Crippen MR) is 69.7 cm³/mol. The molecule has 0 spiro atoms. The highest BCUT2D eigenvalue weighted by Gasteiger charge is 2.07. The van der Waals surface area contributed by atoms with Crippen molar-refractivity contribution < 1.29 is 19.7 Å². The second kappa shape index (κ2) is 8.08. The molecule has 0 aliphatic heterocycles. The number of aliphatic hydroxyl groups is 2. The average Bonchev–Trinajstić information content (AvgIpc) is 2.42. The van der Waals surface area contributed by atoms with E-state index in [9.17, 15) is 10.2 Å². The molecule has 4 nitrogen and oxygen atoms in total. The molecule has 18 heavy (non-hydrogen) atoms. The van der Waals surface area contributed by atoms with Crippen LogP contribution < -0.4 is 4.74 Å². The number of aliphatic hydroxyl groups excluding tert-OH is 2.